The van der Waals surface area contributed by atoms with Gasteiger partial charge >= 0.3 is 6.09 Å². The van der Waals surface area contributed by atoms with Crippen molar-refractivity contribution in [3.8, 4) is 11.3 Å². The van der Waals surface area contributed by atoms with E-state index in [0.29, 0.717) is 10.9 Å². The Morgan fingerprint density at radius 2 is 2.08 bits per heavy atom. The predicted octanol–water partition coefficient (Wildman–Crippen LogP) is 5.67. The number of halogens is 3. The Kier molecular flexibility index (Phi) is 4.28. The third-order valence-corrected chi connectivity index (χ3v) is 3.60. The average molecular weight is 369 g/mol. The second-order valence-corrected chi connectivity index (χ2v) is 6.80. The molecule has 0 saturated carbocycles. The number of hydrogen-bond acceptors (Lipinski definition) is 4. The molecule has 0 aliphatic carbocycles. The molecule has 0 saturated heterocycles. The van der Waals surface area contributed by atoms with Crippen LogP contribution in [-0.2, 0) is 4.74 Å². The Morgan fingerprint density at radius 3 is 2.72 bits per heavy atom. The van der Waals surface area contributed by atoms with Crippen molar-refractivity contribution in [2.75, 3.05) is 0 Å². The van der Waals surface area contributed by atoms with Crippen molar-refractivity contribution in [2.24, 2.45) is 0 Å². The summed E-state index contributed by atoms with van der Waals surface area (Å²) in [6.45, 7) is 5.15. The highest BCUT2D eigenvalue weighted by molar-refractivity contribution is 6.30. The molecule has 0 aromatic carbocycles. The van der Waals surface area contributed by atoms with E-state index in [-0.39, 0.29) is 16.4 Å². The maximum Gasteiger partial charge on any atom is 0.419 e. The number of pyridine rings is 1. The minimum absolute atomic E-state index is 0.105. The van der Waals surface area contributed by atoms with E-state index in [1.165, 1.54) is 22.9 Å². The van der Waals surface area contributed by atoms with Crippen LogP contribution in [0, 0.1) is 0 Å². The van der Waals surface area contributed by atoms with Gasteiger partial charge in [0, 0.05) is 23.2 Å². The van der Waals surface area contributed by atoms with Crippen LogP contribution in [0.2, 0.25) is 5.15 Å². The van der Waals surface area contributed by atoms with Gasteiger partial charge in [0.25, 0.3) is 6.43 Å². The summed E-state index contributed by atoms with van der Waals surface area (Å²) in [4.78, 5) is 16.7. The predicted molar refractivity (Wildman–Crippen MR) is 89.0 cm³/mol. The van der Waals surface area contributed by atoms with E-state index in [1.54, 1.807) is 26.8 Å². The molecule has 0 N–H and O–H groups in total. The lowest BCUT2D eigenvalue weighted by Gasteiger charge is -2.21. The van der Waals surface area contributed by atoms with Crippen LogP contribution in [0.15, 0.2) is 35.1 Å². The van der Waals surface area contributed by atoms with E-state index in [2.05, 4.69) is 4.98 Å². The number of carbonyl (C=O) groups excluding carboxylic acids is 1. The zero-order valence-corrected chi connectivity index (χ0v) is 14.5. The van der Waals surface area contributed by atoms with Crippen molar-refractivity contribution in [1.82, 2.24) is 9.55 Å². The Bertz CT molecular complexity index is 941. The van der Waals surface area contributed by atoms with Crippen molar-refractivity contribution in [3.05, 3.63) is 41.6 Å². The second-order valence-electron chi connectivity index (χ2n) is 6.41. The van der Waals surface area contributed by atoms with Gasteiger partial charge in [-0.05, 0) is 32.9 Å². The molecule has 0 aliphatic heterocycles. The fourth-order valence-electron chi connectivity index (χ4n) is 2.48. The number of ether oxygens (including phenoxy) is 1. The van der Waals surface area contributed by atoms with Crippen molar-refractivity contribution < 1.29 is 22.7 Å². The summed E-state index contributed by atoms with van der Waals surface area (Å²) in [6.07, 6.45) is -0.915. The highest BCUT2D eigenvalue weighted by atomic mass is 35.5. The van der Waals surface area contributed by atoms with Crippen LogP contribution in [-0.4, -0.2) is 21.2 Å². The summed E-state index contributed by atoms with van der Waals surface area (Å²) in [6, 6.07) is 4.43. The lowest BCUT2D eigenvalue weighted by molar-refractivity contribution is 0.0546. The molecule has 0 atom stereocenters. The van der Waals surface area contributed by atoms with Crippen LogP contribution >= 0.6 is 11.6 Å². The van der Waals surface area contributed by atoms with E-state index in [0.717, 1.165) is 6.26 Å². The minimum atomic E-state index is -2.82. The SMILES string of the molecule is CC(C)(C)OC(=O)n1c(-c2ccoc2C(F)F)cc2cnc(Cl)cc21. The van der Waals surface area contributed by atoms with Crippen molar-refractivity contribution in [2.45, 2.75) is 32.8 Å². The maximum atomic E-state index is 13.2. The number of alkyl halides is 2. The molecule has 0 spiro atoms. The molecule has 25 heavy (non-hydrogen) atoms. The van der Waals surface area contributed by atoms with Gasteiger partial charge in [-0.1, -0.05) is 11.6 Å². The molecule has 0 unspecified atom stereocenters. The monoisotopic (exact) mass is 368 g/mol. The average Bonchev–Trinajstić information content (AvgIpc) is 3.08. The minimum Gasteiger partial charge on any atom is -0.463 e. The summed E-state index contributed by atoms with van der Waals surface area (Å²) in [7, 11) is 0. The second kappa shape index (κ2) is 6.15. The van der Waals surface area contributed by atoms with Gasteiger partial charge in [0.05, 0.1) is 17.5 Å². The first-order valence-corrected chi connectivity index (χ1v) is 7.81. The van der Waals surface area contributed by atoms with Crippen molar-refractivity contribution in [1.29, 1.82) is 0 Å². The molecular weight excluding hydrogens is 354 g/mol. The van der Waals surface area contributed by atoms with E-state index in [4.69, 9.17) is 20.8 Å². The van der Waals surface area contributed by atoms with Gasteiger partial charge < -0.3 is 9.15 Å². The van der Waals surface area contributed by atoms with E-state index in [9.17, 15) is 13.6 Å². The van der Waals surface area contributed by atoms with E-state index >= 15 is 0 Å². The summed E-state index contributed by atoms with van der Waals surface area (Å²) in [5, 5.41) is 0.731. The number of fused-ring (bicyclic) bond motifs is 1. The Morgan fingerprint density at radius 1 is 1.36 bits per heavy atom. The van der Waals surface area contributed by atoms with Crippen molar-refractivity contribution >= 4 is 28.6 Å². The molecule has 0 fully saturated rings. The lowest BCUT2D eigenvalue weighted by atomic mass is 10.2. The van der Waals surface area contributed by atoms with Gasteiger partial charge in [0.15, 0.2) is 5.76 Å². The van der Waals surface area contributed by atoms with Crippen LogP contribution in [0.4, 0.5) is 13.6 Å². The van der Waals surface area contributed by atoms with Gasteiger partial charge in [0.2, 0.25) is 0 Å². The Labute approximate surface area is 147 Å². The topological polar surface area (TPSA) is 57.3 Å². The van der Waals surface area contributed by atoms with Crippen LogP contribution in [0.1, 0.15) is 33.0 Å². The normalized spacial score (nSPS) is 12.1. The van der Waals surface area contributed by atoms with Crippen LogP contribution in [0.3, 0.4) is 0 Å². The molecular formula is C17H15ClF2N2O3. The van der Waals surface area contributed by atoms with Gasteiger partial charge in [0.1, 0.15) is 10.8 Å². The molecule has 0 radical (unpaired) electrons. The zero-order valence-electron chi connectivity index (χ0n) is 13.7. The standard InChI is InChI=1S/C17H15ClF2N2O3/c1-17(2,3)25-16(23)22-11-7-13(18)21-8-9(11)6-12(22)10-4-5-24-14(10)15(19)20/h4-8,15H,1-3H3. The summed E-state index contributed by atoms with van der Waals surface area (Å²) >= 11 is 5.93. The number of rotatable bonds is 2. The highest BCUT2D eigenvalue weighted by Crippen LogP contribution is 2.36. The Hall–Kier alpha value is -2.41. The summed E-state index contributed by atoms with van der Waals surface area (Å²) in [5.41, 5.74) is -0.0276. The first kappa shape index (κ1) is 17.4. The van der Waals surface area contributed by atoms with Crippen LogP contribution < -0.4 is 0 Å². The Balaban J connectivity index is 2.26. The molecule has 3 heterocycles. The largest absolute Gasteiger partial charge is 0.463 e. The molecule has 3 aromatic heterocycles. The number of carbonyl (C=O) groups is 1. The smallest absolute Gasteiger partial charge is 0.419 e. The van der Waals surface area contributed by atoms with Gasteiger partial charge in [-0.15, -0.1) is 0 Å². The first-order valence-electron chi connectivity index (χ1n) is 7.43. The van der Waals surface area contributed by atoms with Gasteiger partial charge in [-0.3, -0.25) is 0 Å². The number of aromatic nitrogens is 2. The fourth-order valence-corrected chi connectivity index (χ4v) is 2.63. The molecule has 0 aliphatic rings. The lowest BCUT2D eigenvalue weighted by Crippen LogP contribution is -2.27. The van der Waals surface area contributed by atoms with E-state index in [1.807, 2.05) is 0 Å². The molecule has 3 aromatic rings. The number of furan rings is 1. The zero-order chi connectivity index (χ0) is 18.4. The molecule has 8 heteroatoms. The molecule has 132 valence electrons. The third kappa shape index (κ3) is 3.37. The maximum absolute atomic E-state index is 13.2. The van der Waals surface area contributed by atoms with Gasteiger partial charge in [-0.2, -0.15) is 0 Å². The van der Waals surface area contributed by atoms with Gasteiger partial charge in [-0.25, -0.2) is 23.1 Å². The first-order chi connectivity index (χ1) is 11.7. The molecule has 0 amide bonds. The third-order valence-electron chi connectivity index (χ3n) is 3.40. The van der Waals surface area contributed by atoms with Crippen LogP contribution in [0.5, 0.6) is 0 Å². The van der Waals surface area contributed by atoms with Crippen molar-refractivity contribution in [3.63, 3.8) is 0 Å². The number of nitrogens with zero attached hydrogens (tertiary/aromatic N) is 2. The quantitative estimate of drug-likeness (QED) is 0.547. The molecule has 5 nitrogen and oxygen atoms in total. The summed E-state index contributed by atoms with van der Waals surface area (Å²) in [5.74, 6) is -0.522. The molecule has 3 rings (SSSR count). The number of hydrogen-bond donors (Lipinski definition) is 0. The highest BCUT2D eigenvalue weighted by Gasteiger charge is 2.27. The molecule has 0 bridgehead atoms. The fraction of sp³-hybridized carbons (Fsp3) is 0.294. The summed E-state index contributed by atoms with van der Waals surface area (Å²) < 4.78 is 37.9. The van der Waals surface area contributed by atoms with Crippen LogP contribution in [0.25, 0.3) is 22.2 Å². The van der Waals surface area contributed by atoms with E-state index < -0.39 is 23.9 Å².